The largest absolute Gasteiger partial charge is 0.494 e. The Hall–Kier alpha value is -0.690. The van der Waals surface area contributed by atoms with E-state index in [1.807, 2.05) is 6.92 Å². The predicted octanol–water partition coefficient (Wildman–Crippen LogP) is 2.85. The molecule has 0 aliphatic carbocycles. The van der Waals surface area contributed by atoms with E-state index in [0.29, 0.717) is 6.61 Å². The van der Waals surface area contributed by atoms with Crippen molar-refractivity contribution in [2.24, 2.45) is 0 Å². The van der Waals surface area contributed by atoms with Crippen LogP contribution in [-0.4, -0.2) is 6.61 Å². The first-order valence-corrected chi connectivity index (χ1v) is 3.51. The van der Waals surface area contributed by atoms with Crippen LogP contribution in [0.5, 0.6) is 0 Å². The van der Waals surface area contributed by atoms with Gasteiger partial charge in [-0.05, 0) is 25.2 Å². The number of rotatable bonds is 4. The SMILES string of the molecule is C=C/C(=C\C=C\Cl)OCC. The first-order chi connectivity index (χ1) is 4.85. The van der Waals surface area contributed by atoms with Crippen LogP contribution in [0.1, 0.15) is 6.92 Å². The minimum absolute atomic E-state index is 0.647. The van der Waals surface area contributed by atoms with E-state index in [1.54, 1.807) is 18.2 Å². The number of ether oxygens (including phenoxy) is 1. The summed E-state index contributed by atoms with van der Waals surface area (Å²) in [5, 5.41) is 0. The molecule has 0 aromatic carbocycles. The summed E-state index contributed by atoms with van der Waals surface area (Å²) in [4.78, 5) is 0. The molecule has 0 radical (unpaired) electrons. The smallest absolute Gasteiger partial charge is 0.118 e. The molecule has 0 saturated carbocycles. The van der Waals surface area contributed by atoms with Crippen LogP contribution in [0.25, 0.3) is 0 Å². The van der Waals surface area contributed by atoms with Crippen molar-refractivity contribution >= 4 is 11.6 Å². The van der Waals surface area contributed by atoms with Crippen molar-refractivity contribution in [2.45, 2.75) is 6.92 Å². The minimum Gasteiger partial charge on any atom is -0.494 e. The first-order valence-electron chi connectivity index (χ1n) is 3.07. The molecule has 0 saturated heterocycles. The van der Waals surface area contributed by atoms with Crippen LogP contribution in [0.2, 0.25) is 0 Å². The third-order valence-electron chi connectivity index (χ3n) is 0.845. The lowest BCUT2D eigenvalue weighted by Gasteiger charge is -1.99. The van der Waals surface area contributed by atoms with Gasteiger partial charge < -0.3 is 4.74 Å². The standard InChI is InChI=1S/C8H11ClO/c1-3-8(10-4-2)6-5-7-9/h3,5-7H,1,4H2,2H3/b7-5+,8-6+. The summed E-state index contributed by atoms with van der Waals surface area (Å²) in [6, 6.07) is 0. The van der Waals surface area contributed by atoms with E-state index in [2.05, 4.69) is 6.58 Å². The second kappa shape index (κ2) is 6.43. The lowest BCUT2D eigenvalue weighted by atomic mass is 10.4. The summed E-state index contributed by atoms with van der Waals surface area (Å²) in [6.07, 6.45) is 5.08. The lowest BCUT2D eigenvalue weighted by Crippen LogP contribution is -1.85. The van der Waals surface area contributed by atoms with E-state index >= 15 is 0 Å². The highest BCUT2D eigenvalue weighted by molar-refractivity contribution is 6.25. The molecule has 0 aromatic heterocycles. The summed E-state index contributed by atoms with van der Waals surface area (Å²) in [5.74, 6) is 0.736. The Morgan fingerprint density at radius 3 is 2.80 bits per heavy atom. The molecule has 0 aromatic rings. The van der Waals surface area contributed by atoms with Gasteiger partial charge in [0.15, 0.2) is 0 Å². The van der Waals surface area contributed by atoms with Crippen molar-refractivity contribution in [2.75, 3.05) is 6.61 Å². The molecule has 0 atom stereocenters. The number of halogens is 1. The van der Waals surface area contributed by atoms with Gasteiger partial charge in [0.1, 0.15) is 5.76 Å². The Labute approximate surface area is 66.6 Å². The van der Waals surface area contributed by atoms with Gasteiger partial charge in [-0.1, -0.05) is 18.2 Å². The molecule has 0 unspecified atom stereocenters. The number of hydrogen-bond acceptors (Lipinski definition) is 1. The van der Waals surface area contributed by atoms with Crippen molar-refractivity contribution < 1.29 is 4.74 Å². The molecule has 56 valence electrons. The van der Waals surface area contributed by atoms with Crippen molar-refractivity contribution in [1.82, 2.24) is 0 Å². The van der Waals surface area contributed by atoms with Gasteiger partial charge in [-0.15, -0.1) is 0 Å². The van der Waals surface area contributed by atoms with Crippen molar-refractivity contribution in [3.8, 4) is 0 Å². The van der Waals surface area contributed by atoms with Gasteiger partial charge in [0, 0.05) is 5.54 Å². The predicted molar refractivity (Wildman–Crippen MR) is 44.9 cm³/mol. The maximum atomic E-state index is 5.29. The maximum absolute atomic E-state index is 5.29. The Kier molecular flexibility index (Phi) is 5.99. The number of allylic oxidation sites excluding steroid dienone is 3. The highest BCUT2D eigenvalue weighted by atomic mass is 35.5. The quantitative estimate of drug-likeness (QED) is 0.452. The summed E-state index contributed by atoms with van der Waals surface area (Å²) in [5.41, 5.74) is 1.42. The van der Waals surface area contributed by atoms with Crippen LogP contribution in [-0.2, 0) is 4.74 Å². The van der Waals surface area contributed by atoms with Crippen LogP contribution in [0.3, 0.4) is 0 Å². The topological polar surface area (TPSA) is 9.23 Å². The molecule has 2 heteroatoms. The highest BCUT2D eigenvalue weighted by Crippen LogP contribution is 1.98. The first kappa shape index (κ1) is 9.31. The average Bonchev–Trinajstić information content (AvgIpc) is 1.98. The summed E-state index contributed by atoms with van der Waals surface area (Å²) < 4.78 is 5.13. The third-order valence-corrected chi connectivity index (χ3v) is 0.991. The fourth-order valence-corrected chi connectivity index (χ4v) is 0.546. The summed E-state index contributed by atoms with van der Waals surface area (Å²) in [6.45, 7) is 6.13. The molecule has 0 aliphatic heterocycles. The van der Waals surface area contributed by atoms with E-state index in [0.717, 1.165) is 5.76 Å². The minimum atomic E-state index is 0.647. The van der Waals surface area contributed by atoms with Gasteiger partial charge in [-0.2, -0.15) is 0 Å². The van der Waals surface area contributed by atoms with Gasteiger partial charge in [0.2, 0.25) is 0 Å². The average molecular weight is 159 g/mol. The zero-order chi connectivity index (χ0) is 7.82. The highest BCUT2D eigenvalue weighted by Gasteiger charge is 1.84. The summed E-state index contributed by atoms with van der Waals surface area (Å²) in [7, 11) is 0. The van der Waals surface area contributed by atoms with E-state index < -0.39 is 0 Å². The van der Waals surface area contributed by atoms with Crippen LogP contribution in [0.15, 0.2) is 36.1 Å². The molecular formula is C8H11ClO. The van der Waals surface area contributed by atoms with Crippen molar-refractivity contribution in [1.29, 1.82) is 0 Å². The third kappa shape index (κ3) is 4.21. The summed E-state index contributed by atoms with van der Waals surface area (Å²) >= 11 is 5.29. The van der Waals surface area contributed by atoms with E-state index in [-0.39, 0.29) is 0 Å². The lowest BCUT2D eigenvalue weighted by molar-refractivity contribution is 0.243. The molecule has 0 fully saturated rings. The fraction of sp³-hybridized carbons (Fsp3) is 0.250. The molecule has 0 heterocycles. The normalized spacial score (nSPS) is 12.0. The van der Waals surface area contributed by atoms with Crippen LogP contribution in [0.4, 0.5) is 0 Å². The molecule has 0 amide bonds. The Bertz CT molecular complexity index is 147. The molecule has 0 N–H and O–H groups in total. The molecule has 1 nitrogen and oxygen atoms in total. The zero-order valence-corrected chi connectivity index (χ0v) is 6.77. The zero-order valence-electron chi connectivity index (χ0n) is 6.01. The monoisotopic (exact) mass is 158 g/mol. The van der Waals surface area contributed by atoms with Gasteiger partial charge in [0.25, 0.3) is 0 Å². The van der Waals surface area contributed by atoms with E-state index in [4.69, 9.17) is 16.3 Å². The van der Waals surface area contributed by atoms with Gasteiger partial charge in [0.05, 0.1) is 6.61 Å². The Morgan fingerprint density at radius 1 is 1.70 bits per heavy atom. The van der Waals surface area contributed by atoms with Gasteiger partial charge in [-0.25, -0.2) is 0 Å². The van der Waals surface area contributed by atoms with Crippen molar-refractivity contribution in [3.63, 3.8) is 0 Å². The molecule has 0 bridgehead atoms. The number of hydrogen-bond donors (Lipinski definition) is 0. The van der Waals surface area contributed by atoms with Crippen LogP contribution in [0, 0.1) is 0 Å². The fourth-order valence-electron chi connectivity index (χ4n) is 0.473. The molecule has 0 spiro atoms. The van der Waals surface area contributed by atoms with Crippen molar-refractivity contribution in [3.05, 3.63) is 36.1 Å². The second-order valence-electron chi connectivity index (χ2n) is 1.52. The van der Waals surface area contributed by atoms with Gasteiger partial charge in [-0.3, -0.25) is 0 Å². The Morgan fingerprint density at radius 2 is 2.40 bits per heavy atom. The van der Waals surface area contributed by atoms with E-state index in [9.17, 15) is 0 Å². The van der Waals surface area contributed by atoms with Gasteiger partial charge >= 0.3 is 0 Å². The van der Waals surface area contributed by atoms with Crippen LogP contribution < -0.4 is 0 Å². The molecule has 0 rings (SSSR count). The maximum Gasteiger partial charge on any atom is 0.118 e. The second-order valence-corrected chi connectivity index (χ2v) is 1.78. The molecule has 10 heavy (non-hydrogen) atoms. The van der Waals surface area contributed by atoms with Crippen LogP contribution >= 0.6 is 11.6 Å². The molecule has 0 aliphatic rings. The van der Waals surface area contributed by atoms with E-state index in [1.165, 1.54) is 5.54 Å². The molecular weight excluding hydrogens is 148 g/mol. The Balaban J connectivity index is 3.90.